The summed E-state index contributed by atoms with van der Waals surface area (Å²) >= 11 is 14.1. The van der Waals surface area contributed by atoms with Gasteiger partial charge in [-0.15, -0.1) is 0 Å². The van der Waals surface area contributed by atoms with Crippen LogP contribution < -0.4 is 4.74 Å². The van der Waals surface area contributed by atoms with Crippen molar-refractivity contribution in [3.63, 3.8) is 0 Å². The third kappa shape index (κ3) is 4.82. The summed E-state index contributed by atoms with van der Waals surface area (Å²) in [5.41, 5.74) is 1.97. The van der Waals surface area contributed by atoms with Crippen LogP contribution in [0.25, 0.3) is 0 Å². The molecule has 0 aliphatic carbocycles. The van der Waals surface area contributed by atoms with E-state index < -0.39 is 0 Å². The lowest BCUT2D eigenvalue weighted by molar-refractivity contribution is 0.305. The van der Waals surface area contributed by atoms with E-state index in [-0.39, 0.29) is 11.2 Å². The molecule has 0 saturated carbocycles. The molecule has 0 aromatic heterocycles. The molecule has 25 heavy (non-hydrogen) atoms. The number of hydrogen-bond donors (Lipinski definition) is 1. The molecule has 0 bridgehead atoms. The van der Waals surface area contributed by atoms with E-state index >= 15 is 0 Å². The zero-order valence-electron chi connectivity index (χ0n) is 14.3. The molecule has 0 amide bonds. The summed E-state index contributed by atoms with van der Waals surface area (Å²) in [6.45, 7) is 7.16. The van der Waals surface area contributed by atoms with Crippen molar-refractivity contribution in [1.29, 1.82) is 0 Å². The van der Waals surface area contributed by atoms with Crippen LogP contribution in [-0.4, -0.2) is 11.7 Å². The van der Waals surface area contributed by atoms with Crippen LogP contribution in [0.15, 0.2) is 42.2 Å². The Kier molecular flexibility index (Phi) is 7.45. The van der Waals surface area contributed by atoms with Crippen LogP contribution in [0, 0.1) is 0 Å². The molecule has 1 N–H and O–H groups in total. The van der Waals surface area contributed by atoms with Crippen molar-refractivity contribution in [2.24, 2.45) is 0 Å². The fourth-order valence-electron chi connectivity index (χ4n) is 2.47. The molecular formula is C19H20Br4O2. The number of halogens is 4. The van der Waals surface area contributed by atoms with E-state index in [1.807, 2.05) is 12.1 Å². The Morgan fingerprint density at radius 2 is 1.32 bits per heavy atom. The zero-order valence-corrected chi connectivity index (χ0v) is 20.6. The first-order valence-electron chi connectivity index (χ1n) is 7.99. The molecular weight excluding hydrogens is 580 g/mol. The molecule has 136 valence electrons. The zero-order chi connectivity index (χ0) is 18.8. The molecule has 2 aromatic rings. The van der Waals surface area contributed by atoms with E-state index in [4.69, 9.17) is 4.74 Å². The van der Waals surface area contributed by atoms with Crippen LogP contribution in [0.1, 0.15) is 44.7 Å². The summed E-state index contributed by atoms with van der Waals surface area (Å²) in [7, 11) is 0. The average molecular weight is 600 g/mol. The number of hydrogen-bond acceptors (Lipinski definition) is 2. The number of rotatable bonds is 6. The smallest absolute Gasteiger partial charge is 0.147 e. The highest BCUT2D eigenvalue weighted by Gasteiger charge is 2.27. The van der Waals surface area contributed by atoms with Crippen molar-refractivity contribution in [1.82, 2.24) is 0 Å². The second-order valence-electron chi connectivity index (χ2n) is 6.38. The van der Waals surface area contributed by atoms with Crippen LogP contribution in [0.3, 0.4) is 0 Å². The van der Waals surface area contributed by atoms with E-state index in [1.54, 1.807) is 0 Å². The second-order valence-corrected chi connectivity index (χ2v) is 9.80. The minimum absolute atomic E-state index is 0.210. The summed E-state index contributed by atoms with van der Waals surface area (Å²) in [5, 5.41) is 9.97. The molecule has 0 radical (unpaired) electrons. The second kappa shape index (κ2) is 8.77. The van der Waals surface area contributed by atoms with Crippen molar-refractivity contribution < 1.29 is 9.84 Å². The molecule has 0 fully saturated rings. The predicted molar refractivity (Wildman–Crippen MR) is 118 cm³/mol. The summed E-state index contributed by atoms with van der Waals surface area (Å²) in [6, 6.07) is 8.10. The summed E-state index contributed by atoms with van der Waals surface area (Å²) in [4.78, 5) is 0. The van der Waals surface area contributed by atoms with E-state index in [9.17, 15) is 5.11 Å². The molecule has 0 atom stereocenters. The lowest BCUT2D eigenvalue weighted by Crippen LogP contribution is -2.19. The SMILES string of the molecule is CCCCOc1c(Br)cc(C(C)(C)c2cc(Br)c(O)c(Br)c2)cc1Br. The van der Waals surface area contributed by atoms with Gasteiger partial charge in [0.15, 0.2) is 0 Å². The van der Waals surface area contributed by atoms with E-state index in [0.29, 0.717) is 15.6 Å². The highest BCUT2D eigenvalue weighted by atomic mass is 79.9. The lowest BCUT2D eigenvalue weighted by Gasteiger charge is -2.28. The first-order chi connectivity index (χ1) is 11.7. The first-order valence-corrected chi connectivity index (χ1v) is 11.2. The third-order valence-electron chi connectivity index (χ3n) is 4.20. The van der Waals surface area contributed by atoms with E-state index in [1.165, 1.54) is 0 Å². The molecule has 0 unspecified atom stereocenters. The van der Waals surface area contributed by atoms with Crippen molar-refractivity contribution in [3.05, 3.63) is 53.3 Å². The summed E-state index contributed by atoms with van der Waals surface area (Å²) in [6.07, 6.45) is 2.13. The number of aromatic hydroxyl groups is 1. The topological polar surface area (TPSA) is 29.5 Å². The van der Waals surface area contributed by atoms with E-state index in [2.05, 4.69) is 96.6 Å². The number of benzene rings is 2. The monoisotopic (exact) mass is 596 g/mol. The molecule has 2 aromatic carbocycles. The average Bonchev–Trinajstić information content (AvgIpc) is 2.54. The van der Waals surface area contributed by atoms with Gasteiger partial charge in [-0.1, -0.05) is 27.2 Å². The molecule has 0 aliphatic rings. The van der Waals surface area contributed by atoms with Crippen molar-refractivity contribution >= 4 is 63.7 Å². The predicted octanol–water partition coefficient (Wildman–Crippen LogP) is 7.95. The highest BCUT2D eigenvalue weighted by Crippen LogP contribution is 2.43. The molecule has 0 saturated heterocycles. The molecule has 6 heteroatoms. The van der Waals surface area contributed by atoms with Crippen LogP contribution >= 0.6 is 63.7 Å². The molecule has 0 aliphatic heterocycles. The van der Waals surface area contributed by atoms with Crippen LogP contribution in [-0.2, 0) is 5.41 Å². The van der Waals surface area contributed by atoms with Gasteiger partial charge in [0.25, 0.3) is 0 Å². The van der Waals surface area contributed by atoms with Gasteiger partial charge in [0.1, 0.15) is 11.5 Å². The number of phenols is 1. The molecule has 2 nitrogen and oxygen atoms in total. The van der Waals surface area contributed by atoms with Gasteiger partial charge >= 0.3 is 0 Å². The van der Waals surface area contributed by atoms with Gasteiger partial charge in [-0.25, -0.2) is 0 Å². The van der Waals surface area contributed by atoms with Crippen molar-refractivity contribution in [2.75, 3.05) is 6.61 Å². The molecule has 2 rings (SSSR count). The van der Waals surface area contributed by atoms with Gasteiger partial charge in [-0.2, -0.15) is 0 Å². The van der Waals surface area contributed by atoms with Crippen LogP contribution in [0.4, 0.5) is 0 Å². The Morgan fingerprint density at radius 1 is 0.880 bits per heavy atom. The quantitative estimate of drug-likeness (QED) is 0.342. The number of ether oxygens (including phenoxy) is 1. The minimum Gasteiger partial charge on any atom is -0.506 e. The highest BCUT2D eigenvalue weighted by molar-refractivity contribution is 9.11. The van der Waals surface area contributed by atoms with Gasteiger partial charge in [-0.05, 0) is 106 Å². The van der Waals surface area contributed by atoms with Gasteiger partial charge in [-0.3, -0.25) is 0 Å². The number of unbranched alkanes of at least 4 members (excludes halogenated alkanes) is 1. The van der Waals surface area contributed by atoms with Crippen molar-refractivity contribution in [3.8, 4) is 11.5 Å². The Hall–Kier alpha value is -0.0400. The Labute approximate surface area is 182 Å². The van der Waals surface area contributed by atoms with Gasteiger partial charge in [0.2, 0.25) is 0 Å². The maximum Gasteiger partial charge on any atom is 0.147 e. The maximum atomic E-state index is 9.97. The number of phenolic OH excluding ortho intramolecular Hbond substituents is 1. The lowest BCUT2D eigenvalue weighted by atomic mass is 9.78. The maximum absolute atomic E-state index is 9.97. The van der Waals surface area contributed by atoms with E-state index in [0.717, 1.165) is 38.7 Å². The van der Waals surface area contributed by atoms with Gasteiger partial charge in [0.05, 0.1) is 24.5 Å². The standard InChI is InChI=1S/C19H20Br4O2/c1-4-5-6-25-18-15(22)9-12(10-16(18)23)19(2,3)11-7-13(20)17(24)14(21)8-11/h7-10,24H,4-6H2,1-3H3. The fraction of sp³-hybridized carbons (Fsp3) is 0.368. The summed E-state index contributed by atoms with van der Waals surface area (Å²) < 4.78 is 9.09. The first kappa shape index (κ1) is 21.3. The summed E-state index contributed by atoms with van der Waals surface area (Å²) in [5.74, 6) is 1.04. The van der Waals surface area contributed by atoms with Gasteiger partial charge < -0.3 is 9.84 Å². The fourth-order valence-corrected chi connectivity index (χ4v) is 5.07. The minimum atomic E-state index is -0.258. The van der Waals surface area contributed by atoms with Gasteiger partial charge in [0, 0.05) is 5.41 Å². The largest absolute Gasteiger partial charge is 0.506 e. The van der Waals surface area contributed by atoms with Crippen LogP contribution in [0.2, 0.25) is 0 Å². The normalized spacial score (nSPS) is 11.6. The molecule has 0 spiro atoms. The van der Waals surface area contributed by atoms with Crippen LogP contribution in [0.5, 0.6) is 11.5 Å². The van der Waals surface area contributed by atoms with Crippen molar-refractivity contribution in [2.45, 2.75) is 39.0 Å². The molecule has 0 heterocycles. The Bertz CT molecular complexity index is 726. The third-order valence-corrected chi connectivity index (χ3v) is 6.59. The Balaban J connectivity index is 2.43. The Morgan fingerprint density at radius 3 is 1.76 bits per heavy atom.